The number of para-hydroxylation sites is 1. The summed E-state index contributed by atoms with van der Waals surface area (Å²) in [6.07, 6.45) is 23.4. The molecular weight excluding hydrogens is 328 g/mol. The molecule has 1 atom stereocenters. The second kappa shape index (κ2) is 13.7. The van der Waals surface area contributed by atoms with Gasteiger partial charge in [0.15, 0.2) is 0 Å². The minimum Gasteiger partial charge on any atom is -0.356 e. The van der Waals surface area contributed by atoms with Crippen molar-refractivity contribution < 1.29 is 0 Å². The van der Waals surface area contributed by atoms with Gasteiger partial charge in [0.1, 0.15) is 6.17 Å². The maximum Gasteiger partial charge on any atom is 0.102 e. The molecule has 0 aromatic heterocycles. The summed E-state index contributed by atoms with van der Waals surface area (Å²) in [7, 11) is 0. The zero-order chi connectivity index (χ0) is 19.2. The largest absolute Gasteiger partial charge is 0.356 e. The van der Waals surface area contributed by atoms with E-state index in [9.17, 15) is 0 Å². The van der Waals surface area contributed by atoms with Crippen molar-refractivity contribution >= 4 is 5.69 Å². The van der Waals surface area contributed by atoms with Crippen LogP contribution in [0.3, 0.4) is 0 Å². The molecule has 1 aromatic carbocycles. The van der Waals surface area contributed by atoms with Gasteiger partial charge in [-0.25, -0.2) is 0 Å². The van der Waals surface area contributed by atoms with Gasteiger partial charge in [0.2, 0.25) is 0 Å². The summed E-state index contributed by atoms with van der Waals surface area (Å²) in [5, 5.41) is 0. The van der Waals surface area contributed by atoms with E-state index in [4.69, 9.17) is 0 Å². The van der Waals surface area contributed by atoms with Crippen LogP contribution in [0.25, 0.3) is 0 Å². The van der Waals surface area contributed by atoms with Crippen molar-refractivity contribution in [1.82, 2.24) is 4.90 Å². The summed E-state index contributed by atoms with van der Waals surface area (Å²) in [4.78, 5) is 4.84. The van der Waals surface area contributed by atoms with Crippen LogP contribution in [-0.4, -0.2) is 17.6 Å². The summed E-state index contributed by atoms with van der Waals surface area (Å²) < 4.78 is 0. The van der Waals surface area contributed by atoms with Crippen molar-refractivity contribution in [2.45, 2.75) is 103 Å². The molecule has 1 heterocycles. The Morgan fingerprint density at radius 3 is 1.74 bits per heavy atom. The lowest BCUT2D eigenvalue weighted by Crippen LogP contribution is -2.36. The molecule has 0 aliphatic carbocycles. The smallest absolute Gasteiger partial charge is 0.102 e. The van der Waals surface area contributed by atoms with Crippen LogP contribution in [0, 0.1) is 0 Å². The van der Waals surface area contributed by atoms with Gasteiger partial charge in [0, 0.05) is 24.6 Å². The van der Waals surface area contributed by atoms with Crippen LogP contribution in [0.5, 0.6) is 0 Å². The highest BCUT2D eigenvalue weighted by Gasteiger charge is 2.22. The number of unbranched alkanes of at least 4 members (excludes halogenated alkanes) is 12. The number of nitrogens with zero attached hydrogens (tertiary/aromatic N) is 2. The zero-order valence-electron chi connectivity index (χ0n) is 17.9. The van der Waals surface area contributed by atoms with Crippen LogP contribution in [0.1, 0.15) is 97.3 Å². The molecule has 0 fully saturated rings. The normalized spacial score (nSPS) is 16.4. The first-order valence-electron chi connectivity index (χ1n) is 11.6. The Morgan fingerprint density at radius 2 is 1.19 bits per heavy atom. The molecule has 1 aromatic rings. The molecule has 2 nitrogen and oxygen atoms in total. The van der Waals surface area contributed by atoms with Crippen molar-refractivity contribution in [1.29, 1.82) is 0 Å². The average Bonchev–Trinajstić information content (AvgIpc) is 3.06. The summed E-state index contributed by atoms with van der Waals surface area (Å²) >= 11 is 0. The van der Waals surface area contributed by atoms with Gasteiger partial charge in [0.05, 0.1) is 0 Å². The van der Waals surface area contributed by atoms with E-state index in [1.807, 2.05) is 0 Å². The third kappa shape index (κ3) is 8.41. The third-order valence-corrected chi connectivity index (χ3v) is 5.88. The lowest BCUT2D eigenvalue weighted by Gasteiger charge is -2.29. The topological polar surface area (TPSA) is 6.48 Å². The van der Waals surface area contributed by atoms with E-state index < -0.39 is 0 Å². The van der Waals surface area contributed by atoms with Crippen LogP contribution in [0.2, 0.25) is 0 Å². The van der Waals surface area contributed by atoms with Crippen LogP contribution < -0.4 is 4.90 Å². The van der Waals surface area contributed by atoms with Crippen molar-refractivity contribution in [2.24, 2.45) is 0 Å². The molecular formula is C25H42N2. The summed E-state index contributed by atoms with van der Waals surface area (Å²) in [6.45, 7) is 5.77. The van der Waals surface area contributed by atoms with E-state index in [1.165, 1.54) is 95.7 Å². The Morgan fingerprint density at radius 1 is 0.667 bits per heavy atom. The molecule has 1 aliphatic rings. The number of benzene rings is 1. The molecule has 0 saturated carbocycles. The van der Waals surface area contributed by atoms with Gasteiger partial charge in [-0.2, -0.15) is 0 Å². The Balaban J connectivity index is 1.42. The van der Waals surface area contributed by atoms with Gasteiger partial charge in [-0.1, -0.05) is 102 Å². The highest BCUT2D eigenvalue weighted by Crippen LogP contribution is 2.24. The molecule has 1 unspecified atom stereocenters. The molecule has 0 spiro atoms. The SMILES string of the molecule is CCCCCCCCCCCCCCCN1C=CN(c2ccccc2)C1C. The van der Waals surface area contributed by atoms with Crippen LogP contribution in [-0.2, 0) is 0 Å². The van der Waals surface area contributed by atoms with Crippen molar-refractivity contribution in [3.05, 3.63) is 42.7 Å². The van der Waals surface area contributed by atoms with Gasteiger partial charge in [-0.15, -0.1) is 0 Å². The van der Waals surface area contributed by atoms with Gasteiger partial charge < -0.3 is 9.80 Å². The predicted octanol–water partition coefficient (Wildman–Crippen LogP) is 7.72. The molecule has 2 heteroatoms. The monoisotopic (exact) mass is 370 g/mol. The molecule has 0 radical (unpaired) electrons. The van der Waals surface area contributed by atoms with E-state index in [1.54, 1.807) is 0 Å². The minimum atomic E-state index is 0.435. The number of anilines is 1. The average molecular weight is 371 g/mol. The molecule has 0 amide bonds. The van der Waals surface area contributed by atoms with E-state index in [-0.39, 0.29) is 0 Å². The maximum absolute atomic E-state index is 2.48. The molecule has 2 rings (SSSR count). The van der Waals surface area contributed by atoms with Gasteiger partial charge in [0.25, 0.3) is 0 Å². The molecule has 0 N–H and O–H groups in total. The van der Waals surface area contributed by atoms with Gasteiger partial charge >= 0.3 is 0 Å². The maximum atomic E-state index is 2.48. The lowest BCUT2D eigenvalue weighted by atomic mass is 10.0. The second-order valence-electron chi connectivity index (χ2n) is 8.15. The first-order valence-corrected chi connectivity index (χ1v) is 11.6. The second-order valence-corrected chi connectivity index (χ2v) is 8.15. The van der Waals surface area contributed by atoms with E-state index in [2.05, 4.69) is 66.4 Å². The molecule has 1 aliphatic heterocycles. The van der Waals surface area contributed by atoms with E-state index in [0.717, 1.165) is 0 Å². The van der Waals surface area contributed by atoms with Crippen LogP contribution in [0.4, 0.5) is 5.69 Å². The third-order valence-electron chi connectivity index (χ3n) is 5.88. The Kier molecular flexibility index (Phi) is 11.1. The number of rotatable bonds is 15. The first kappa shape index (κ1) is 21.9. The lowest BCUT2D eigenvalue weighted by molar-refractivity contribution is 0.309. The van der Waals surface area contributed by atoms with E-state index >= 15 is 0 Å². The van der Waals surface area contributed by atoms with Crippen molar-refractivity contribution in [3.8, 4) is 0 Å². The fraction of sp³-hybridized carbons (Fsp3) is 0.680. The van der Waals surface area contributed by atoms with Crippen LogP contribution in [0.15, 0.2) is 42.7 Å². The summed E-state index contributed by atoms with van der Waals surface area (Å²) in [5.41, 5.74) is 1.29. The molecule has 27 heavy (non-hydrogen) atoms. The zero-order valence-corrected chi connectivity index (χ0v) is 17.9. The predicted molar refractivity (Wildman–Crippen MR) is 120 cm³/mol. The molecule has 0 bridgehead atoms. The number of hydrogen-bond donors (Lipinski definition) is 0. The van der Waals surface area contributed by atoms with Crippen molar-refractivity contribution in [3.63, 3.8) is 0 Å². The van der Waals surface area contributed by atoms with E-state index in [0.29, 0.717) is 6.17 Å². The Bertz CT molecular complexity index is 496. The molecule has 0 saturated heterocycles. The van der Waals surface area contributed by atoms with Gasteiger partial charge in [-0.3, -0.25) is 0 Å². The standard InChI is InChI=1S/C25H42N2/c1-3-4-5-6-7-8-9-10-11-12-13-14-18-21-26-22-23-27(24(26)2)25-19-16-15-17-20-25/h15-17,19-20,22-24H,3-14,18,21H2,1-2H3. The minimum absolute atomic E-state index is 0.435. The Labute approximate surface area is 168 Å². The highest BCUT2D eigenvalue weighted by molar-refractivity contribution is 5.51. The summed E-state index contributed by atoms with van der Waals surface area (Å²) in [5.74, 6) is 0. The van der Waals surface area contributed by atoms with Gasteiger partial charge in [-0.05, 0) is 25.5 Å². The van der Waals surface area contributed by atoms with Crippen molar-refractivity contribution in [2.75, 3.05) is 11.4 Å². The Hall–Kier alpha value is -1.44. The van der Waals surface area contributed by atoms with Crippen LogP contribution >= 0.6 is 0 Å². The summed E-state index contributed by atoms with van der Waals surface area (Å²) in [6, 6.07) is 10.7. The molecule has 152 valence electrons. The fourth-order valence-corrected chi connectivity index (χ4v) is 4.04. The highest BCUT2D eigenvalue weighted by atomic mass is 15.4. The fourth-order valence-electron chi connectivity index (χ4n) is 4.04. The quantitative estimate of drug-likeness (QED) is 0.292. The first-order chi connectivity index (χ1) is 13.3. The number of hydrogen-bond acceptors (Lipinski definition) is 2.